The lowest BCUT2D eigenvalue weighted by atomic mass is 9.66. The molecule has 0 bridgehead atoms. The van der Waals surface area contributed by atoms with E-state index >= 15 is 0 Å². The van der Waals surface area contributed by atoms with E-state index in [9.17, 15) is 4.79 Å². The van der Waals surface area contributed by atoms with Gasteiger partial charge in [0.15, 0.2) is 0 Å². The standard InChI is InChI=1S/C36H48O2/c1-4-6-8-10-18-27(3)28-19-12-13-20-29(28)34(25-11-9-7-5-2)36(37)38-26-35-32-23-16-14-21-30(32)31-22-15-17-24-33(31)35/h4-7,14-17,21-24,27-29,34-35H,8-13,18-20,25-26H2,1-3H3/b6-4+,7-5+. The van der Waals surface area contributed by atoms with E-state index in [1.165, 1.54) is 60.8 Å². The molecule has 0 aromatic heterocycles. The minimum absolute atomic E-state index is 0.00966. The molecule has 204 valence electrons. The van der Waals surface area contributed by atoms with Crippen molar-refractivity contribution in [1.29, 1.82) is 0 Å². The van der Waals surface area contributed by atoms with Gasteiger partial charge < -0.3 is 4.74 Å². The molecule has 0 amide bonds. The molecule has 38 heavy (non-hydrogen) atoms. The van der Waals surface area contributed by atoms with Gasteiger partial charge in [-0.05, 0) is 98.8 Å². The van der Waals surface area contributed by atoms with Crippen molar-refractivity contribution < 1.29 is 9.53 Å². The van der Waals surface area contributed by atoms with Crippen molar-refractivity contribution in [3.8, 4) is 11.1 Å². The van der Waals surface area contributed by atoms with Crippen LogP contribution in [0.1, 0.15) is 102 Å². The summed E-state index contributed by atoms with van der Waals surface area (Å²) in [6.45, 7) is 7.06. The van der Waals surface area contributed by atoms with Gasteiger partial charge in [0.2, 0.25) is 0 Å². The second-order valence-corrected chi connectivity index (χ2v) is 11.6. The van der Waals surface area contributed by atoms with Crippen LogP contribution in [0.2, 0.25) is 0 Å². The van der Waals surface area contributed by atoms with Crippen molar-refractivity contribution in [2.45, 2.75) is 90.9 Å². The van der Waals surface area contributed by atoms with E-state index in [0.717, 1.165) is 25.7 Å². The highest BCUT2D eigenvalue weighted by atomic mass is 16.5. The number of esters is 1. The molecule has 4 unspecified atom stereocenters. The molecule has 4 rings (SSSR count). The third-order valence-electron chi connectivity index (χ3n) is 9.17. The molecule has 2 aromatic carbocycles. The van der Waals surface area contributed by atoms with Crippen LogP contribution in [0.3, 0.4) is 0 Å². The van der Waals surface area contributed by atoms with E-state index in [0.29, 0.717) is 24.4 Å². The van der Waals surface area contributed by atoms with Gasteiger partial charge in [0.25, 0.3) is 0 Å². The molecule has 0 radical (unpaired) electrons. The first-order chi connectivity index (χ1) is 18.7. The summed E-state index contributed by atoms with van der Waals surface area (Å²) in [6, 6.07) is 17.2. The summed E-state index contributed by atoms with van der Waals surface area (Å²) in [4.78, 5) is 13.9. The summed E-state index contributed by atoms with van der Waals surface area (Å²) < 4.78 is 6.29. The summed E-state index contributed by atoms with van der Waals surface area (Å²) in [5, 5.41) is 0. The number of allylic oxidation sites excluding steroid dienone is 4. The van der Waals surface area contributed by atoms with Crippen LogP contribution in [0.5, 0.6) is 0 Å². The highest BCUT2D eigenvalue weighted by molar-refractivity contribution is 5.79. The predicted molar refractivity (Wildman–Crippen MR) is 160 cm³/mol. The Balaban J connectivity index is 1.48. The fourth-order valence-electron chi connectivity index (χ4n) is 7.17. The maximum absolute atomic E-state index is 13.9. The monoisotopic (exact) mass is 512 g/mol. The van der Waals surface area contributed by atoms with Crippen molar-refractivity contribution in [2.24, 2.45) is 23.7 Å². The minimum Gasteiger partial charge on any atom is -0.464 e. The number of unbranched alkanes of at least 4 members (excludes halogenated alkanes) is 2. The minimum atomic E-state index is 0.00966. The van der Waals surface area contributed by atoms with E-state index < -0.39 is 0 Å². The Bertz CT molecular complexity index is 1030. The van der Waals surface area contributed by atoms with Gasteiger partial charge in [-0.1, -0.05) is 99.0 Å². The largest absolute Gasteiger partial charge is 0.464 e. The zero-order valence-corrected chi connectivity index (χ0v) is 23.9. The lowest BCUT2D eigenvalue weighted by molar-refractivity contribution is -0.153. The molecule has 0 heterocycles. The molecule has 4 atom stereocenters. The fraction of sp³-hybridized carbons (Fsp3) is 0.528. The topological polar surface area (TPSA) is 26.3 Å². The Morgan fingerprint density at radius 1 is 0.842 bits per heavy atom. The van der Waals surface area contributed by atoms with Gasteiger partial charge >= 0.3 is 5.97 Å². The van der Waals surface area contributed by atoms with Crippen LogP contribution in [-0.4, -0.2) is 12.6 Å². The number of ether oxygens (including phenoxy) is 1. The van der Waals surface area contributed by atoms with Crippen molar-refractivity contribution >= 4 is 5.97 Å². The van der Waals surface area contributed by atoms with Gasteiger partial charge in [0.05, 0.1) is 5.92 Å². The SMILES string of the molecule is C/C=C/CCCC(C)C1CCCCC1C(CCC/C=C/C)C(=O)OCC1c2ccccc2-c2ccccc21. The van der Waals surface area contributed by atoms with Gasteiger partial charge in [-0.15, -0.1) is 0 Å². The van der Waals surface area contributed by atoms with Crippen LogP contribution >= 0.6 is 0 Å². The van der Waals surface area contributed by atoms with Crippen LogP contribution < -0.4 is 0 Å². The summed E-state index contributed by atoms with van der Waals surface area (Å²) in [5.74, 6) is 1.91. The maximum atomic E-state index is 13.9. The van der Waals surface area contributed by atoms with E-state index in [-0.39, 0.29) is 17.8 Å². The second kappa shape index (κ2) is 14.5. The van der Waals surface area contributed by atoms with E-state index in [4.69, 9.17) is 4.74 Å². The number of carbonyl (C=O) groups is 1. The van der Waals surface area contributed by atoms with Crippen LogP contribution in [0, 0.1) is 23.7 Å². The molecule has 1 fully saturated rings. The van der Waals surface area contributed by atoms with Crippen LogP contribution in [0.25, 0.3) is 11.1 Å². The first kappa shape index (κ1) is 28.4. The molecule has 2 aliphatic rings. The number of rotatable bonds is 13. The van der Waals surface area contributed by atoms with E-state index in [1.54, 1.807) is 0 Å². The molecule has 2 heteroatoms. The Morgan fingerprint density at radius 3 is 2.00 bits per heavy atom. The van der Waals surface area contributed by atoms with Gasteiger partial charge in [0, 0.05) is 5.92 Å². The molecule has 0 aliphatic heterocycles. The highest BCUT2D eigenvalue weighted by Gasteiger charge is 2.39. The quantitative estimate of drug-likeness (QED) is 0.152. The summed E-state index contributed by atoms with van der Waals surface area (Å²) in [6.07, 6.45) is 20.5. The predicted octanol–water partition coefficient (Wildman–Crippen LogP) is 9.89. The van der Waals surface area contributed by atoms with E-state index in [2.05, 4.69) is 93.6 Å². The zero-order chi connectivity index (χ0) is 26.7. The van der Waals surface area contributed by atoms with Crippen molar-refractivity contribution in [1.82, 2.24) is 0 Å². The molecule has 2 aliphatic carbocycles. The van der Waals surface area contributed by atoms with Gasteiger partial charge in [0.1, 0.15) is 6.61 Å². The number of carbonyl (C=O) groups excluding carboxylic acids is 1. The number of hydrogen-bond acceptors (Lipinski definition) is 2. The smallest absolute Gasteiger partial charge is 0.309 e. The molecule has 1 saturated carbocycles. The zero-order valence-electron chi connectivity index (χ0n) is 23.9. The lowest BCUT2D eigenvalue weighted by Crippen LogP contribution is -2.36. The summed E-state index contributed by atoms with van der Waals surface area (Å²) in [5.41, 5.74) is 5.14. The fourth-order valence-corrected chi connectivity index (χ4v) is 7.17. The Morgan fingerprint density at radius 2 is 1.39 bits per heavy atom. The van der Waals surface area contributed by atoms with Crippen LogP contribution in [0.4, 0.5) is 0 Å². The molecular formula is C36H48O2. The summed E-state index contributed by atoms with van der Waals surface area (Å²) >= 11 is 0. The molecule has 0 N–H and O–H groups in total. The first-order valence-electron chi connectivity index (χ1n) is 15.2. The highest BCUT2D eigenvalue weighted by Crippen LogP contribution is 2.46. The van der Waals surface area contributed by atoms with Gasteiger partial charge in [-0.3, -0.25) is 4.79 Å². The van der Waals surface area contributed by atoms with Crippen molar-refractivity contribution in [3.05, 3.63) is 84.0 Å². The van der Waals surface area contributed by atoms with Crippen molar-refractivity contribution in [2.75, 3.05) is 6.61 Å². The average Bonchev–Trinajstić information content (AvgIpc) is 3.27. The van der Waals surface area contributed by atoms with Gasteiger partial charge in [-0.2, -0.15) is 0 Å². The first-order valence-corrected chi connectivity index (χ1v) is 15.2. The molecular weight excluding hydrogens is 464 g/mol. The second-order valence-electron chi connectivity index (χ2n) is 11.6. The van der Waals surface area contributed by atoms with Crippen molar-refractivity contribution in [3.63, 3.8) is 0 Å². The average molecular weight is 513 g/mol. The normalized spacial score (nSPS) is 20.9. The molecule has 2 aromatic rings. The third kappa shape index (κ3) is 6.87. The molecule has 0 spiro atoms. The van der Waals surface area contributed by atoms with Gasteiger partial charge in [-0.25, -0.2) is 0 Å². The Kier molecular flexibility index (Phi) is 10.9. The Labute approximate surface area is 231 Å². The summed E-state index contributed by atoms with van der Waals surface area (Å²) in [7, 11) is 0. The molecule has 0 saturated heterocycles. The lowest BCUT2D eigenvalue weighted by Gasteiger charge is -2.39. The van der Waals surface area contributed by atoms with Crippen LogP contribution in [0.15, 0.2) is 72.8 Å². The molecule has 2 nitrogen and oxygen atoms in total. The Hall–Kier alpha value is -2.61. The van der Waals surface area contributed by atoms with Crippen LogP contribution in [-0.2, 0) is 9.53 Å². The third-order valence-corrected chi connectivity index (χ3v) is 9.17. The van der Waals surface area contributed by atoms with E-state index in [1.807, 2.05) is 0 Å². The number of fused-ring (bicyclic) bond motifs is 3. The maximum Gasteiger partial charge on any atom is 0.309 e. The number of benzene rings is 2. The number of hydrogen-bond donors (Lipinski definition) is 0.